The molecule has 3 aromatic rings. The third kappa shape index (κ3) is 3.84. The van der Waals surface area contributed by atoms with Gasteiger partial charge in [-0.2, -0.15) is 8.78 Å². The second-order valence-corrected chi connectivity index (χ2v) is 8.98. The van der Waals surface area contributed by atoms with Crippen LogP contribution >= 0.6 is 0 Å². The summed E-state index contributed by atoms with van der Waals surface area (Å²) in [6, 6.07) is 3.75. The Hall–Kier alpha value is -3.63. The number of anilines is 1. The van der Waals surface area contributed by atoms with Crippen molar-refractivity contribution in [3.63, 3.8) is 0 Å². The Kier molecular flexibility index (Phi) is 5.74. The predicted octanol–water partition coefficient (Wildman–Crippen LogP) is 4.44. The molecule has 4 heterocycles. The van der Waals surface area contributed by atoms with Gasteiger partial charge in [0.25, 0.3) is 0 Å². The zero-order chi connectivity index (χ0) is 24.8. The van der Waals surface area contributed by atoms with Crippen LogP contribution in [0.5, 0.6) is 0 Å². The number of halogens is 3. The number of pyridine rings is 1. The molecule has 34 heavy (non-hydrogen) atoms. The van der Waals surface area contributed by atoms with Crippen LogP contribution in [0.15, 0.2) is 36.4 Å². The van der Waals surface area contributed by atoms with Crippen molar-refractivity contribution in [3.05, 3.63) is 47.8 Å². The monoisotopic (exact) mass is 472 g/mol. The molecule has 1 unspecified atom stereocenters. The average Bonchev–Trinajstić information content (AvgIpc) is 3.39. The number of aromatic nitrogens is 5. The van der Waals surface area contributed by atoms with Gasteiger partial charge in [-0.05, 0) is 57.0 Å². The number of nitrogens with one attached hydrogen (secondary N) is 3. The summed E-state index contributed by atoms with van der Waals surface area (Å²) in [7, 11) is 1.73. The molecular formula is C23H27F3N8. The number of nitrogens with zero attached hydrogens (tertiary/aromatic N) is 5. The van der Waals surface area contributed by atoms with Gasteiger partial charge in [0.2, 0.25) is 5.82 Å². The van der Waals surface area contributed by atoms with Crippen LogP contribution in [0.25, 0.3) is 22.6 Å². The fourth-order valence-corrected chi connectivity index (χ4v) is 4.19. The highest BCUT2D eigenvalue weighted by molar-refractivity contribution is 5.75. The smallest absolute Gasteiger partial charge is 0.336 e. The highest BCUT2D eigenvalue weighted by Gasteiger charge is 2.48. The number of hydrogen-bond donors (Lipinski definition) is 3. The van der Waals surface area contributed by atoms with Gasteiger partial charge < -0.3 is 20.6 Å². The van der Waals surface area contributed by atoms with E-state index >= 15 is 0 Å². The second-order valence-electron chi connectivity index (χ2n) is 8.98. The Morgan fingerprint density at radius 1 is 1.29 bits per heavy atom. The molecule has 0 fully saturated rings. The van der Waals surface area contributed by atoms with E-state index < -0.39 is 23.5 Å². The minimum Gasteiger partial charge on any atom is -0.375 e. The first-order valence-electron chi connectivity index (χ1n) is 10.8. The van der Waals surface area contributed by atoms with Crippen molar-refractivity contribution in [2.45, 2.75) is 51.9 Å². The molecule has 0 spiro atoms. The first-order valence-corrected chi connectivity index (χ1v) is 10.8. The molecule has 0 aromatic carbocycles. The highest BCUT2D eigenvalue weighted by Crippen LogP contribution is 2.42. The van der Waals surface area contributed by atoms with E-state index in [4.69, 9.17) is 5.41 Å². The first kappa shape index (κ1) is 23.5. The van der Waals surface area contributed by atoms with E-state index in [0.717, 1.165) is 29.8 Å². The summed E-state index contributed by atoms with van der Waals surface area (Å²) in [4.78, 5) is 4.40. The Morgan fingerprint density at radius 2 is 2.03 bits per heavy atom. The largest absolute Gasteiger partial charge is 0.375 e. The predicted molar refractivity (Wildman–Crippen MR) is 125 cm³/mol. The number of aryl methyl sites for hydroxylation is 1. The number of alkyl halides is 3. The maximum Gasteiger partial charge on any atom is 0.336 e. The lowest BCUT2D eigenvalue weighted by atomic mass is 10.0. The second kappa shape index (κ2) is 8.30. The van der Waals surface area contributed by atoms with Gasteiger partial charge in [-0.1, -0.05) is 0 Å². The molecule has 1 aliphatic rings. The first-order chi connectivity index (χ1) is 16.0. The number of allylic oxidation sites excluding steroid dienone is 1. The van der Waals surface area contributed by atoms with Crippen LogP contribution in [-0.4, -0.2) is 43.7 Å². The topological polar surface area (TPSA) is 96.4 Å². The van der Waals surface area contributed by atoms with Gasteiger partial charge in [0, 0.05) is 37.8 Å². The summed E-state index contributed by atoms with van der Waals surface area (Å²) < 4.78 is 46.3. The summed E-state index contributed by atoms with van der Waals surface area (Å²) >= 11 is 0. The van der Waals surface area contributed by atoms with Gasteiger partial charge in [-0.3, -0.25) is 4.57 Å². The van der Waals surface area contributed by atoms with Gasteiger partial charge in [-0.15, -0.1) is 10.2 Å². The molecule has 1 aliphatic heterocycles. The summed E-state index contributed by atoms with van der Waals surface area (Å²) in [5, 5.41) is 21.1. The molecule has 0 saturated heterocycles. The summed E-state index contributed by atoms with van der Waals surface area (Å²) in [5.74, 6) is -2.96. The standard InChI is InChI=1S/C23H27F3N8/c1-13-10-29-19(30-18(28-5)6-7-27)9-16(13)15-8-17-20-31-32-21(23(25,26)14(2)24)34(20)22(3,4)12-33(17)11-15/h6-11,14,27-28H,12H2,1-5H3,(H,29,30)/b18-6+,27-7?. The van der Waals surface area contributed by atoms with Gasteiger partial charge in [0.15, 0.2) is 12.0 Å². The number of hydrogen-bond acceptors (Lipinski definition) is 6. The number of rotatable bonds is 7. The van der Waals surface area contributed by atoms with E-state index in [9.17, 15) is 13.2 Å². The average molecular weight is 473 g/mol. The van der Waals surface area contributed by atoms with Crippen LogP contribution < -0.4 is 10.6 Å². The van der Waals surface area contributed by atoms with Crippen molar-refractivity contribution >= 4 is 12.0 Å². The van der Waals surface area contributed by atoms with Crippen LogP contribution in [0.4, 0.5) is 19.0 Å². The van der Waals surface area contributed by atoms with Crippen LogP contribution in [0, 0.1) is 12.3 Å². The normalized spacial score (nSPS) is 15.9. The fourth-order valence-electron chi connectivity index (χ4n) is 4.19. The Bertz CT molecular complexity index is 1270. The third-order valence-corrected chi connectivity index (χ3v) is 5.95. The zero-order valence-corrected chi connectivity index (χ0v) is 19.6. The van der Waals surface area contributed by atoms with Crippen LogP contribution in [0.3, 0.4) is 0 Å². The van der Waals surface area contributed by atoms with Crippen LogP contribution in [0.2, 0.25) is 0 Å². The molecule has 4 rings (SSSR count). The molecule has 3 aromatic heterocycles. The molecule has 0 aliphatic carbocycles. The molecule has 11 heteroatoms. The maximum atomic E-state index is 14.6. The third-order valence-electron chi connectivity index (χ3n) is 5.95. The van der Waals surface area contributed by atoms with E-state index in [1.54, 1.807) is 33.2 Å². The van der Waals surface area contributed by atoms with Crippen molar-refractivity contribution in [1.29, 1.82) is 5.41 Å². The Labute approximate surface area is 195 Å². The molecule has 8 nitrogen and oxygen atoms in total. The fraction of sp³-hybridized carbons (Fsp3) is 0.391. The SMILES string of the molecule is CN/C(=C\C=N)Nc1cc(-c2cc3n(c2)CC(C)(C)n2c-3nnc2C(F)(F)C(C)F)c(C)cn1. The van der Waals surface area contributed by atoms with E-state index in [1.165, 1.54) is 4.57 Å². The lowest BCUT2D eigenvalue weighted by Gasteiger charge is -2.35. The molecular weight excluding hydrogens is 445 g/mol. The molecule has 0 radical (unpaired) electrons. The molecule has 1 atom stereocenters. The van der Waals surface area contributed by atoms with Crippen LogP contribution in [-0.2, 0) is 18.0 Å². The minimum absolute atomic E-state index is 0.272. The lowest BCUT2D eigenvalue weighted by Crippen LogP contribution is -2.41. The van der Waals surface area contributed by atoms with E-state index in [2.05, 4.69) is 25.8 Å². The number of fused-ring (bicyclic) bond motifs is 3. The van der Waals surface area contributed by atoms with Crippen LogP contribution in [0.1, 0.15) is 32.2 Å². The van der Waals surface area contributed by atoms with Crippen molar-refractivity contribution in [2.24, 2.45) is 0 Å². The quantitative estimate of drug-likeness (QED) is 0.442. The van der Waals surface area contributed by atoms with Crippen molar-refractivity contribution in [1.82, 2.24) is 29.6 Å². The van der Waals surface area contributed by atoms with E-state index in [-0.39, 0.29) is 5.82 Å². The van der Waals surface area contributed by atoms with E-state index in [0.29, 0.717) is 23.9 Å². The molecule has 180 valence electrons. The highest BCUT2D eigenvalue weighted by atomic mass is 19.3. The van der Waals surface area contributed by atoms with Crippen molar-refractivity contribution < 1.29 is 13.2 Å². The van der Waals surface area contributed by atoms with Gasteiger partial charge in [0.1, 0.15) is 11.6 Å². The van der Waals surface area contributed by atoms with Crippen molar-refractivity contribution in [3.8, 4) is 22.6 Å². The van der Waals surface area contributed by atoms with Gasteiger partial charge >= 0.3 is 5.92 Å². The molecule has 0 bridgehead atoms. The van der Waals surface area contributed by atoms with Crippen molar-refractivity contribution in [2.75, 3.05) is 12.4 Å². The molecule has 0 saturated carbocycles. The zero-order valence-electron chi connectivity index (χ0n) is 19.6. The maximum absolute atomic E-state index is 14.6. The lowest BCUT2D eigenvalue weighted by molar-refractivity contribution is -0.0842. The van der Waals surface area contributed by atoms with E-state index in [1.807, 2.05) is 29.8 Å². The Balaban J connectivity index is 1.80. The molecule has 0 amide bonds. The minimum atomic E-state index is -3.75. The summed E-state index contributed by atoms with van der Waals surface area (Å²) in [5.41, 5.74) is 2.51. The molecule has 3 N–H and O–H groups in total. The Morgan fingerprint density at radius 3 is 2.68 bits per heavy atom. The van der Waals surface area contributed by atoms with Gasteiger partial charge in [-0.25, -0.2) is 9.37 Å². The summed E-state index contributed by atoms with van der Waals surface area (Å²) in [6.07, 6.45) is 4.02. The van der Waals surface area contributed by atoms with Gasteiger partial charge in [0.05, 0.1) is 11.2 Å². The summed E-state index contributed by atoms with van der Waals surface area (Å²) in [6.45, 7) is 6.76.